The van der Waals surface area contributed by atoms with Gasteiger partial charge >= 0.3 is 6.09 Å². The van der Waals surface area contributed by atoms with Gasteiger partial charge in [-0.05, 0) is 37.5 Å². The summed E-state index contributed by atoms with van der Waals surface area (Å²) in [6.45, 7) is 0.772. The molecule has 7 heteroatoms. The van der Waals surface area contributed by atoms with Crippen molar-refractivity contribution in [3.63, 3.8) is 0 Å². The van der Waals surface area contributed by atoms with Gasteiger partial charge in [0.1, 0.15) is 5.82 Å². The van der Waals surface area contributed by atoms with Gasteiger partial charge in [-0.3, -0.25) is 10.2 Å². The molecule has 1 saturated carbocycles. The molecule has 6 nitrogen and oxygen atoms in total. The summed E-state index contributed by atoms with van der Waals surface area (Å²) in [5.74, 6) is -0.193. The Labute approximate surface area is 139 Å². The van der Waals surface area contributed by atoms with Crippen LogP contribution in [0.2, 0.25) is 0 Å². The quantitative estimate of drug-likeness (QED) is 0.684. The highest BCUT2D eigenvalue weighted by Gasteiger charge is 2.22. The van der Waals surface area contributed by atoms with Crippen LogP contribution in [0.3, 0.4) is 0 Å². The molecule has 126 valence electrons. The van der Waals surface area contributed by atoms with E-state index in [9.17, 15) is 9.18 Å². The average Bonchev–Trinajstić information content (AvgIpc) is 3.07. The maximum Gasteiger partial charge on any atom is 0.437 e. The molecule has 0 bridgehead atoms. The Morgan fingerprint density at radius 2 is 2.38 bits per heavy atom. The van der Waals surface area contributed by atoms with Crippen LogP contribution < -0.4 is 5.32 Å². The Kier molecular flexibility index (Phi) is 5.20. The zero-order valence-corrected chi connectivity index (χ0v) is 13.2. The van der Waals surface area contributed by atoms with E-state index in [0.717, 1.165) is 37.9 Å². The van der Waals surface area contributed by atoms with Crippen molar-refractivity contribution in [3.05, 3.63) is 48.8 Å². The van der Waals surface area contributed by atoms with Gasteiger partial charge in [-0.1, -0.05) is 17.6 Å². The number of aromatic nitrogens is 2. The number of anilines is 1. The first-order valence-corrected chi connectivity index (χ1v) is 7.97. The lowest BCUT2D eigenvalue weighted by Crippen LogP contribution is -2.25. The lowest BCUT2D eigenvalue weighted by atomic mass is 9.87. The molecule has 1 aromatic carbocycles. The monoisotopic (exact) mass is 330 g/mol. The third kappa shape index (κ3) is 4.41. The minimum atomic E-state index is -0.722. The molecule has 24 heavy (non-hydrogen) atoms. The molecule has 1 aromatic heterocycles. The number of carbonyl (C=O) groups excluding carboxylic acids is 1. The van der Waals surface area contributed by atoms with Crippen LogP contribution in [0.15, 0.2) is 48.1 Å². The first kappa shape index (κ1) is 16.2. The lowest BCUT2D eigenvalue weighted by molar-refractivity contribution is 0.164. The molecule has 0 saturated heterocycles. The van der Waals surface area contributed by atoms with Crippen LogP contribution in [0.25, 0.3) is 0 Å². The van der Waals surface area contributed by atoms with Crippen LogP contribution in [0.1, 0.15) is 25.7 Å². The van der Waals surface area contributed by atoms with Crippen LogP contribution in [0, 0.1) is 11.7 Å². The van der Waals surface area contributed by atoms with E-state index in [1.54, 1.807) is 18.6 Å². The number of nitrogens with one attached hydrogen (secondary N) is 1. The molecule has 0 radical (unpaired) electrons. The molecule has 2 aromatic rings. The largest absolute Gasteiger partial charge is 0.437 e. The van der Waals surface area contributed by atoms with Crippen LogP contribution in [-0.4, -0.2) is 21.4 Å². The number of halogens is 1. The van der Waals surface area contributed by atoms with Crippen LogP contribution in [0.5, 0.6) is 0 Å². The summed E-state index contributed by atoms with van der Waals surface area (Å²) >= 11 is 0. The highest BCUT2D eigenvalue weighted by Crippen LogP contribution is 2.23. The number of benzene rings is 1. The van der Waals surface area contributed by atoms with Crippen molar-refractivity contribution < 1.29 is 14.0 Å². The normalized spacial score (nSPS) is 19.2. The minimum absolute atomic E-state index is 0.231. The summed E-state index contributed by atoms with van der Waals surface area (Å²) in [7, 11) is 0. The third-order valence-electron chi connectivity index (χ3n) is 4.01. The van der Waals surface area contributed by atoms with Gasteiger partial charge in [0, 0.05) is 30.5 Å². The smallest absolute Gasteiger partial charge is 0.337 e. The molecule has 1 unspecified atom stereocenters. The summed E-state index contributed by atoms with van der Waals surface area (Å²) in [4.78, 5) is 20.8. The van der Waals surface area contributed by atoms with Crippen LogP contribution in [0.4, 0.5) is 14.9 Å². The third-order valence-corrected chi connectivity index (χ3v) is 4.01. The van der Waals surface area contributed by atoms with E-state index < -0.39 is 11.9 Å². The molecule has 1 atom stereocenters. The Bertz CT molecular complexity index is 715. The predicted molar refractivity (Wildman–Crippen MR) is 88.1 cm³/mol. The zero-order valence-electron chi connectivity index (χ0n) is 13.2. The summed E-state index contributed by atoms with van der Waals surface area (Å²) < 4.78 is 15.1. The van der Waals surface area contributed by atoms with Gasteiger partial charge in [-0.25, -0.2) is 14.2 Å². The molecule has 3 rings (SSSR count). The fraction of sp³-hybridized carbons (Fsp3) is 0.353. The molecule has 1 N–H and O–H groups in total. The second-order valence-corrected chi connectivity index (χ2v) is 5.80. The SMILES string of the molecule is O=C(Nc1cccc(F)c1)O/N=C1\CCCCC1Cn1ccnc1. The standard InChI is InChI=1S/C17H19FN4O2/c18-14-5-3-6-15(10-14)20-17(23)24-21-16-7-2-1-4-13(16)11-22-9-8-19-12-22/h3,5-6,8-10,12-13H,1-2,4,7,11H2,(H,20,23)/b21-16+. The molecular formula is C17H19FN4O2. The fourth-order valence-corrected chi connectivity index (χ4v) is 2.84. The van der Waals surface area contributed by atoms with E-state index in [-0.39, 0.29) is 5.92 Å². The van der Waals surface area contributed by atoms with Crippen molar-refractivity contribution in [2.24, 2.45) is 11.1 Å². The van der Waals surface area contributed by atoms with Crippen molar-refractivity contribution in [1.29, 1.82) is 0 Å². The summed E-state index contributed by atoms with van der Waals surface area (Å²) in [6.07, 6.45) is 8.68. The fourth-order valence-electron chi connectivity index (χ4n) is 2.84. The molecule has 1 heterocycles. The maximum atomic E-state index is 13.1. The van der Waals surface area contributed by atoms with Gasteiger partial charge in [0.25, 0.3) is 0 Å². The first-order chi connectivity index (χ1) is 11.7. The molecule has 1 fully saturated rings. The maximum absolute atomic E-state index is 13.1. The van der Waals surface area contributed by atoms with Gasteiger partial charge in [0.05, 0.1) is 12.0 Å². The average molecular weight is 330 g/mol. The van der Waals surface area contributed by atoms with E-state index >= 15 is 0 Å². The van der Waals surface area contributed by atoms with Crippen molar-refractivity contribution in [1.82, 2.24) is 9.55 Å². The Morgan fingerprint density at radius 1 is 1.46 bits per heavy atom. The first-order valence-electron chi connectivity index (χ1n) is 7.97. The van der Waals surface area contributed by atoms with Gasteiger partial charge in [0.2, 0.25) is 0 Å². The predicted octanol–water partition coefficient (Wildman–Crippen LogP) is 3.82. The molecule has 0 aliphatic heterocycles. The van der Waals surface area contributed by atoms with Gasteiger partial charge < -0.3 is 4.57 Å². The van der Waals surface area contributed by atoms with Gasteiger partial charge in [-0.15, -0.1) is 0 Å². The molecular weight excluding hydrogens is 311 g/mol. The highest BCUT2D eigenvalue weighted by atomic mass is 19.1. The molecule has 1 aliphatic carbocycles. The number of imidazole rings is 1. The van der Waals surface area contributed by atoms with E-state index in [4.69, 9.17) is 4.84 Å². The Balaban J connectivity index is 1.59. The van der Waals surface area contributed by atoms with Crippen molar-refractivity contribution >= 4 is 17.5 Å². The Hall–Kier alpha value is -2.70. The van der Waals surface area contributed by atoms with E-state index in [2.05, 4.69) is 15.5 Å². The van der Waals surface area contributed by atoms with E-state index in [1.807, 2.05) is 10.8 Å². The molecule has 1 aliphatic rings. The topological polar surface area (TPSA) is 68.5 Å². The second kappa shape index (κ2) is 7.72. The molecule has 1 amide bonds. The zero-order chi connectivity index (χ0) is 16.8. The second-order valence-electron chi connectivity index (χ2n) is 5.80. The number of amides is 1. The number of hydrogen-bond acceptors (Lipinski definition) is 4. The minimum Gasteiger partial charge on any atom is -0.337 e. The molecule has 0 spiro atoms. The number of hydrogen-bond donors (Lipinski definition) is 1. The summed E-state index contributed by atoms with van der Waals surface area (Å²) in [5, 5.41) is 6.50. The van der Waals surface area contributed by atoms with Crippen LogP contribution >= 0.6 is 0 Å². The summed E-state index contributed by atoms with van der Waals surface area (Å²) in [5.41, 5.74) is 1.21. The number of oxime groups is 1. The number of rotatable bonds is 4. The summed E-state index contributed by atoms with van der Waals surface area (Å²) in [6, 6.07) is 5.62. The lowest BCUT2D eigenvalue weighted by Gasteiger charge is -2.23. The highest BCUT2D eigenvalue weighted by molar-refractivity contribution is 5.89. The van der Waals surface area contributed by atoms with Crippen molar-refractivity contribution in [2.75, 3.05) is 5.32 Å². The van der Waals surface area contributed by atoms with E-state index in [0.29, 0.717) is 5.69 Å². The van der Waals surface area contributed by atoms with E-state index in [1.165, 1.54) is 18.2 Å². The van der Waals surface area contributed by atoms with Gasteiger partial charge in [0.15, 0.2) is 0 Å². The number of nitrogens with zero attached hydrogens (tertiary/aromatic N) is 3. The van der Waals surface area contributed by atoms with Gasteiger partial charge in [-0.2, -0.15) is 0 Å². The Morgan fingerprint density at radius 3 is 3.17 bits per heavy atom. The van der Waals surface area contributed by atoms with Crippen LogP contribution in [-0.2, 0) is 11.4 Å². The number of carbonyl (C=O) groups is 1. The van der Waals surface area contributed by atoms with Crippen molar-refractivity contribution in [3.8, 4) is 0 Å². The van der Waals surface area contributed by atoms with Crippen molar-refractivity contribution in [2.45, 2.75) is 32.2 Å².